The number of hydrogen-bond donors (Lipinski definition) is 4. The Morgan fingerprint density at radius 1 is 1.10 bits per heavy atom. The third-order valence-electron chi connectivity index (χ3n) is 2.72. The Hall–Kier alpha value is -2.73. The number of halogens is 1. The fourth-order valence-corrected chi connectivity index (χ4v) is 1.84. The predicted octanol–water partition coefficient (Wildman–Crippen LogP) is 2.70. The lowest BCUT2D eigenvalue weighted by Gasteiger charge is -2.09. The van der Waals surface area contributed by atoms with Crippen molar-refractivity contribution >= 4 is 29.2 Å². The van der Waals surface area contributed by atoms with E-state index in [0.717, 1.165) is 0 Å². The van der Waals surface area contributed by atoms with Gasteiger partial charge in [-0.2, -0.15) is 0 Å². The monoisotopic (exact) mass is 307 g/mol. The first-order chi connectivity index (χ1) is 9.90. The van der Waals surface area contributed by atoms with Gasteiger partial charge in [0.1, 0.15) is 11.3 Å². The zero-order chi connectivity index (χ0) is 15.6. The molecule has 2 aromatic rings. The molecule has 0 bridgehead atoms. The zero-order valence-corrected chi connectivity index (χ0v) is 11.3. The van der Waals surface area contributed by atoms with Crippen molar-refractivity contribution in [3.63, 3.8) is 0 Å². The number of aromatic carboxylic acids is 1. The summed E-state index contributed by atoms with van der Waals surface area (Å²) >= 11 is 5.70. The molecule has 0 fully saturated rings. The van der Waals surface area contributed by atoms with Crippen LogP contribution in [-0.4, -0.2) is 27.2 Å². The molecule has 6 nitrogen and oxygen atoms in total. The van der Waals surface area contributed by atoms with Gasteiger partial charge in [0, 0.05) is 5.56 Å². The summed E-state index contributed by atoms with van der Waals surface area (Å²) in [5.41, 5.74) is -0.210. The van der Waals surface area contributed by atoms with Crippen LogP contribution in [0.2, 0.25) is 5.02 Å². The van der Waals surface area contributed by atoms with E-state index in [4.69, 9.17) is 16.7 Å². The maximum absolute atomic E-state index is 12.0. The van der Waals surface area contributed by atoms with E-state index in [-0.39, 0.29) is 27.6 Å². The van der Waals surface area contributed by atoms with Gasteiger partial charge in [0.2, 0.25) is 0 Å². The number of carboxylic acid groups (broad SMARTS) is 1. The first-order valence-electron chi connectivity index (χ1n) is 5.75. The normalized spacial score (nSPS) is 10.1. The number of hydrogen-bond acceptors (Lipinski definition) is 4. The van der Waals surface area contributed by atoms with E-state index in [1.807, 2.05) is 0 Å². The second-order valence-corrected chi connectivity index (χ2v) is 4.53. The van der Waals surface area contributed by atoms with Gasteiger partial charge in [-0.15, -0.1) is 0 Å². The lowest BCUT2D eigenvalue weighted by atomic mass is 10.1. The van der Waals surface area contributed by atoms with Crippen molar-refractivity contribution in [3.8, 4) is 11.5 Å². The molecule has 1 amide bonds. The minimum Gasteiger partial charge on any atom is -0.506 e. The van der Waals surface area contributed by atoms with Crippen molar-refractivity contribution in [2.75, 3.05) is 5.32 Å². The highest BCUT2D eigenvalue weighted by molar-refractivity contribution is 6.32. The molecule has 0 aliphatic carbocycles. The molecule has 2 rings (SSSR count). The van der Waals surface area contributed by atoms with Gasteiger partial charge in [-0.05, 0) is 30.3 Å². The lowest BCUT2D eigenvalue weighted by Crippen LogP contribution is -2.12. The molecule has 0 radical (unpaired) electrons. The third-order valence-corrected chi connectivity index (χ3v) is 3.03. The number of rotatable bonds is 3. The molecule has 0 saturated heterocycles. The number of amides is 1. The molecule has 0 atom stereocenters. The Kier molecular flexibility index (Phi) is 4.00. The number of benzene rings is 2. The van der Waals surface area contributed by atoms with Crippen LogP contribution in [0.3, 0.4) is 0 Å². The van der Waals surface area contributed by atoms with Gasteiger partial charge in [-0.3, -0.25) is 4.79 Å². The zero-order valence-electron chi connectivity index (χ0n) is 10.5. The summed E-state index contributed by atoms with van der Waals surface area (Å²) in [4.78, 5) is 22.9. The maximum Gasteiger partial charge on any atom is 0.339 e. The Labute approximate surface area is 124 Å². The Morgan fingerprint density at radius 3 is 2.43 bits per heavy atom. The van der Waals surface area contributed by atoms with Crippen LogP contribution in [0.25, 0.3) is 0 Å². The second-order valence-electron chi connectivity index (χ2n) is 4.13. The molecular weight excluding hydrogens is 298 g/mol. The number of carbonyl (C=O) groups is 2. The van der Waals surface area contributed by atoms with Gasteiger partial charge in [0.25, 0.3) is 5.91 Å². The molecule has 0 saturated carbocycles. The van der Waals surface area contributed by atoms with Gasteiger partial charge < -0.3 is 20.6 Å². The Balaban J connectivity index is 2.29. The first kappa shape index (κ1) is 14.7. The molecule has 108 valence electrons. The molecule has 0 aromatic heterocycles. The number of para-hydroxylation sites is 1. The van der Waals surface area contributed by atoms with Crippen molar-refractivity contribution in [2.45, 2.75) is 0 Å². The van der Waals surface area contributed by atoms with Crippen LogP contribution in [0, 0.1) is 0 Å². The number of carbonyl (C=O) groups excluding carboxylic acids is 1. The van der Waals surface area contributed by atoms with Crippen molar-refractivity contribution in [3.05, 3.63) is 52.5 Å². The van der Waals surface area contributed by atoms with E-state index in [0.29, 0.717) is 0 Å². The van der Waals surface area contributed by atoms with Crippen molar-refractivity contribution < 1.29 is 24.9 Å². The molecular formula is C14H10ClNO5. The molecule has 0 unspecified atom stereocenters. The Morgan fingerprint density at radius 2 is 1.81 bits per heavy atom. The number of aromatic hydroxyl groups is 2. The van der Waals surface area contributed by atoms with E-state index in [1.54, 1.807) is 0 Å². The topological polar surface area (TPSA) is 107 Å². The average molecular weight is 308 g/mol. The van der Waals surface area contributed by atoms with Crippen LogP contribution < -0.4 is 5.32 Å². The fraction of sp³-hybridized carbons (Fsp3) is 0. The second kappa shape index (κ2) is 5.72. The summed E-state index contributed by atoms with van der Waals surface area (Å²) in [6.07, 6.45) is 0. The smallest absolute Gasteiger partial charge is 0.339 e. The minimum atomic E-state index is -1.31. The summed E-state index contributed by atoms with van der Waals surface area (Å²) in [5, 5.41) is 30.4. The number of carboxylic acids is 1. The van der Waals surface area contributed by atoms with Crippen LogP contribution in [0.5, 0.6) is 11.5 Å². The Bertz CT molecular complexity index is 729. The van der Waals surface area contributed by atoms with Crippen molar-refractivity contribution in [1.29, 1.82) is 0 Å². The molecule has 0 aliphatic rings. The maximum atomic E-state index is 12.0. The predicted molar refractivity (Wildman–Crippen MR) is 76.1 cm³/mol. The highest BCUT2D eigenvalue weighted by Crippen LogP contribution is 2.29. The number of phenols is 2. The summed E-state index contributed by atoms with van der Waals surface area (Å²) in [6.45, 7) is 0. The SMILES string of the molecule is O=C(Nc1cccc(C(=O)O)c1O)c1ccc(O)c(Cl)c1. The van der Waals surface area contributed by atoms with E-state index >= 15 is 0 Å². The van der Waals surface area contributed by atoms with Crippen LogP contribution in [0.4, 0.5) is 5.69 Å². The van der Waals surface area contributed by atoms with Crippen LogP contribution in [0.1, 0.15) is 20.7 Å². The molecule has 0 heterocycles. The number of anilines is 1. The molecule has 4 N–H and O–H groups in total. The lowest BCUT2D eigenvalue weighted by molar-refractivity contribution is 0.0693. The number of phenolic OH excluding ortho intramolecular Hbond substituents is 1. The average Bonchev–Trinajstić information content (AvgIpc) is 2.43. The van der Waals surface area contributed by atoms with Crippen molar-refractivity contribution in [2.24, 2.45) is 0 Å². The summed E-state index contributed by atoms with van der Waals surface area (Å²) in [7, 11) is 0. The largest absolute Gasteiger partial charge is 0.506 e. The summed E-state index contributed by atoms with van der Waals surface area (Å²) in [6, 6.07) is 7.82. The van der Waals surface area contributed by atoms with Crippen LogP contribution in [0.15, 0.2) is 36.4 Å². The van der Waals surface area contributed by atoms with E-state index in [2.05, 4.69) is 5.32 Å². The van der Waals surface area contributed by atoms with Crippen LogP contribution in [-0.2, 0) is 0 Å². The fourth-order valence-electron chi connectivity index (χ4n) is 1.66. The first-order valence-corrected chi connectivity index (χ1v) is 6.13. The summed E-state index contributed by atoms with van der Waals surface area (Å²) in [5.74, 6) is -2.61. The van der Waals surface area contributed by atoms with Crippen molar-refractivity contribution in [1.82, 2.24) is 0 Å². The van der Waals surface area contributed by atoms with E-state index in [1.165, 1.54) is 36.4 Å². The third kappa shape index (κ3) is 3.06. The molecule has 0 spiro atoms. The van der Waals surface area contributed by atoms with Gasteiger partial charge in [0.15, 0.2) is 5.75 Å². The quantitative estimate of drug-likeness (QED) is 0.652. The van der Waals surface area contributed by atoms with Gasteiger partial charge in [-0.1, -0.05) is 17.7 Å². The standard InChI is InChI=1S/C14H10ClNO5/c15-9-6-7(4-5-11(9)17)13(19)16-10-3-1-2-8(12(10)18)14(20)21/h1-6,17-18H,(H,16,19)(H,20,21). The van der Waals surface area contributed by atoms with Gasteiger partial charge in [-0.25, -0.2) is 4.79 Å². The molecule has 2 aromatic carbocycles. The minimum absolute atomic E-state index is 0.00570. The van der Waals surface area contributed by atoms with E-state index in [9.17, 15) is 19.8 Å². The van der Waals surface area contributed by atoms with Crippen LogP contribution >= 0.6 is 11.6 Å². The highest BCUT2D eigenvalue weighted by atomic mass is 35.5. The molecule has 0 aliphatic heterocycles. The van der Waals surface area contributed by atoms with Gasteiger partial charge >= 0.3 is 5.97 Å². The van der Waals surface area contributed by atoms with E-state index < -0.39 is 17.6 Å². The summed E-state index contributed by atoms with van der Waals surface area (Å²) < 4.78 is 0. The molecule has 7 heteroatoms. The van der Waals surface area contributed by atoms with Gasteiger partial charge in [0.05, 0.1) is 10.7 Å². The molecule has 21 heavy (non-hydrogen) atoms. The number of nitrogens with one attached hydrogen (secondary N) is 1. The highest BCUT2D eigenvalue weighted by Gasteiger charge is 2.15.